The second-order valence-electron chi connectivity index (χ2n) is 6.13. The molecule has 0 saturated heterocycles. The van der Waals surface area contributed by atoms with Gasteiger partial charge in [0, 0.05) is 17.5 Å². The molecule has 0 amide bonds. The number of nitrogen functional groups attached to an aromatic ring is 1. The topological polar surface area (TPSA) is 75.7 Å². The molecule has 0 radical (unpaired) electrons. The van der Waals surface area contributed by atoms with E-state index < -0.39 is 0 Å². The molecule has 0 aliphatic heterocycles. The summed E-state index contributed by atoms with van der Waals surface area (Å²) in [7, 11) is 0. The van der Waals surface area contributed by atoms with E-state index in [0.29, 0.717) is 12.1 Å². The van der Waals surface area contributed by atoms with Crippen molar-refractivity contribution < 1.29 is 0 Å². The average molecular weight is 314 g/mol. The van der Waals surface area contributed by atoms with Crippen LogP contribution in [-0.2, 0) is 6.42 Å². The highest BCUT2D eigenvalue weighted by Crippen LogP contribution is 2.37. The molecule has 2 aromatic carbocycles. The van der Waals surface area contributed by atoms with Crippen molar-refractivity contribution in [1.82, 2.24) is 9.97 Å². The first-order chi connectivity index (χ1) is 11.7. The van der Waals surface area contributed by atoms with Crippen LogP contribution in [0.2, 0.25) is 0 Å². The van der Waals surface area contributed by atoms with Crippen LogP contribution in [0.3, 0.4) is 0 Å². The fourth-order valence-corrected chi connectivity index (χ4v) is 3.46. The molecule has 1 aliphatic rings. The van der Waals surface area contributed by atoms with Crippen LogP contribution in [0.1, 0.15) is 29.2 Å². The Balaban J connectivity index is 1.77. The number of hydrogen-bond donors (Lipinski definition) is 2. The van der Waals surface area contributed by atoms with Gasteiger partial charge in [-0.05, 0) is 35.4 Å². The molecular weight excluding hydrogens is 296 g/mol. The van der Waals surface area contributed by atoms with Crippen molar-refractivity contribution in [2.45, 2.75) is 18.8 Å². The van der Waals surface area contributed by atoms with Gasteiger partial charge in [-0.2, -0.15) is 0 Å². The zero-order chi connectivity index (χ0) is 16.5. The third kappa shape index (κ3) is 2.56. The molecule has 118 valence electrons. The minimum atomic E-state index is 0.232. The number of aromatic nitrogens is 2. The van der Waals surface area contributed by atoms with Crippen LogP contribution in [0.4, 0.5) is 5.95 Å². The Labute approximate surface area is 140 Å². The Morgan fingerprint density at radius 3 is 2.50 bits per heavy atom. The minimum Gasteiger partial charge on any atom is -0.368 e. The fraction of sp³-hybridized carbons (Fsp3) is 0.150. The number of rotatable bonds is 2. The first-order valence-corrected chi connectivity index (χ1v) is 8.06. The highest BCUT2D eigenvalue weighted by atomic mass is 15.0. The molecule has 0 bridgehead atoms. The monoisotopic (exact) mass is 314 g/mol. The lowest BCUT2D eigenvalue weighted by Crippen LogP contribution is -2.21. The molecule has 1 atom stereocenters. The Bertz CT molecular complexity index is 903. The zero-order valence-corrected chi connectivity index (χ0v) is 13.2. The largest absolute Gasteiger partial charge is 0.368 e. The van der Waals surface area contributed by atoms with Crippen molar-refractivity contribution >= 4 is 11.7 Å². The first kappa shape index (κ1) is 14.6. The molecule has 4 rings (SSSR count). The SMILES string of the molecule is N=C1CC(c2ccccc2-c2ccccc2)Cc2nc(N)ncc21. The summed E-state index contributed by atoms with van der Waals surface area (Å²) < 4.78 is 0. The average Bonchev–Trinajstić information content (AvgIpc) is 2.62. The molecular formula is C20H18N4. The van der Waals surface area contributed by atoms with Crippen LogP contribution < -0.4 is 5.73 Å². The maximum Gasteiger partial charge on any atom is 0.220 e. The van der Waals surface area contributed by atoms with E-state index in [1.807, 2.05) is 6.07 Å². The minimum absolute atomic E-state index is 0.232. The number of nitrogens with two attached hydrogens (primary N) is 1. The Hall–Kier alpha value is -3.01. The number of fused-ring (bicyclic) bond motifs is 1. The molecule has 3 N–H and O–H groups in total. The number of anilines is 1. The standard InChI is InChI=1S/C20H18N4/c21-18-10-14(11-19-17(18)12-23-20(22)24-19)16-9-5-4-8-15(16)13-6-2-1-3-7-13/h1-9,12,14,21H,10-11H2,(H2,22,23,24). The molecule has 3 aromatic rings. The molecule has 4 nitrogen and oxygen atoms in total. The molecule has 1 aromatic heterocycles. The van der Waals surface area contributed by atoms with E-state index in [1.54, 1.807) is 6.20 Å². The van der Waals surface area contributed by atoms with Crippen molar-refractivity contribution in [3.05, 3.63) is 77.6 Å². The van der Waals surface area contributed by atoms with Gasteiger partial charge in [0.15, 0.2) is 0 Å². The molecule has 0 saturated carbocycles. The predicted molar refractivity (Wildman–Crippen MR) is 96.2 cm³/mol. The Kier molecular flexibility index (Phi) is 3.58. The zero-order valence-electron chi connectivity index (χ0n) is 13.2. The summed E-state index contributed by atoms with van der Waals surface area (Å²) in [6, 6.07) is 18.8. The van der Waals surface area contributed by atoms with Gasteiger partial charge in [0.2, 0.25) is 5.95 Å². The summed E-state index contributed by atoms with van der Waals surface area (Å²) in [6.07, 6.45) is 3.16. The lowest BCUT2D eigenvalue weighted by atomic mass is 9.79. The molecule has 1 heterocycles. The quantitative estimate of drug-likeness (QED) is 0.755. The summed E-state index contributed by atoms with van der Waals surface area (Å²) in [5.41, 5.74) is 11.7. The van der Waals surface area contributed by atoms with E-state index in [-0.39, 0.29) is 11.9 Å². The van der Waals surface area contributed by atoms with Crippen molar-refractivity contribution in [3.63, 3.8) is 0 Å². The van der Waals surface area contributed by atoms with Crippen LogP contribution in [0.25, 0.3) is 11.1 Å². The summed E-state index contributed by atoms with van der Waals surface area (Å²) in [5.74, 6) is 0.509. The lowest BCUT2D eigenvalue weighted by Gasteiger charge is -2.26. The predicted octanol–water partition coefficient (Wildman–Crippen LogP) is 3.82. The molecule has 0 spiro atoms. The van der Waals surface area contributed by atoms with Gasteiger partial charge in [-0.3, -0.25) is 0 Å². The van der Waals surface area contributed by atoms with Crippen molar-refractivity contribution in [2.24, 2.45) is 0 Å². The Morgan fingerprint density at radius 2 is 1.67 bits per heavy atom. The highest BCUT2D eigenvalue weighted by molar-refractivity contribution is 6.00. The van der Waals surface area contributed by atoms with Gasteiger partial charge in [0.25, 0.3) is 0 Å². The van der Waals surface area contributed by atoms with Crippen molar-refractivity contribution in [1.29, 1.82) is 5.41 Å². The number of nitrogens with zero attached hydrogens (tertiary/aromatic N) is 2. The third-order valence-corrected chi connectivity index (χ3v) is 4.59. The molecule has 0 fully saturated rings. The van der Waals surface area contributed by atoms with E-state index in [2.05, 4.69) is 58.5 Å². The van der Waals surface area contributed by atoms with E-state index in [0.717, 1.165) is 17.7 Å². The first-order valence-electron chi connectivity index (χ1n) is 8.06. The van der Waals surface area contributed by atoms with Crippen LogP contribution in [0, 0.1) is 5.41 Å². The summed E-state index contributed by atoms with van der Waals surface area (Å²) in [5, 5.41) is 8.38. The van der Waals surface area contributed by atoms with E-state index >= 15 is 0 Å². The van der Waals surface area contributed by atoms with E-state index in [9.17, 15) is 0 Å². The van der Waals surface area contributed by atoms with E-state index in [4.69, 9.17) is 11.1 Å². The van der Waals surface area contributed by atoms with Gasteiger partial charge in [-0.25, -0.2) is 9.97 Å². The van der Waals surface area contributed by atoms with E-state index in [1.165, 1.54) is 16.7 Å². The van der Waals surface area contributed by atoms with Crippen LogP contribution in [-0.4, -0.2) is 15.7 Å². The maximum atomic E-state index is 8.38. The van der Waals surface area contributed by atoms with Gasteiger partial charge >= 0.3 is 0 Å². The van der Waals surface area contributed by atoms with Gasteiger partial charge in [0.1, 0.15) is 0 Å². The maximum absolute atomic E-state index is 8.38. The molecule has 24 heavy (non-hydrogen) atoms. The van der Waals surface area contributed by atoms with Crippen LogP contribution >= 0.6 is 0 Å². The van der Waals surface area contributed by atoms with Gasteiger partial charge < -0.3 is 11.1 Å². The van der Waals surface area contributed by atoms with Crippen molar-refractivity contribution in [2.75, 3.05) is 5.73 Å². The summed E-state index contributed by atoms with van der Waals surface area (Å²) >= 11 is 0. The number of nitrogens with one attached hydrogen (secondary N) is 1. The second kappa shape index (κ2) is 5.89. The summed E-state index contributed by atoms with van der Waals surface area (Å²) in [4.78, 5) is 8.40. The van der Waals surface area contributed by atoms with Gasteiger partial charge in [-0.1, -0.05) is 54.6 Å². The van der Waals surface area contributed by atoms with Crippen LogP contribution in [0.15, 0.2) is 60.8 Å². The normalized spacial score (nSPS) is 16.7. The highest BCUT2D eigenvalue weighted by Gasteiger charge is 2.27. The second-order valence-corrected chi connectivity index (χ2v) is 6.13. The van der Waals surface area contributed by atoms with Crippen LogP contribution in [0.5, 0.6) is 0 Å². The van der Waals surface area contributed by atoms with Gasteiger partial charge in [-0.15, -0.1) is 0 Å². The molecule has 1 unspecified atom stereocenters. The third-order valence-electron chi connectivity index (χ3n) is 4.59. The molecule has 1 aliphatic carbocycles. The summed E-state index contributed by atoms with van der Waals surface area (Å²) in [6.45, 7) is 0. The fourth-order valence-electron chi connectivity index (χ4n) is 3.46. The number of hydrogen-bond acceptors (Lipinski definition) is 4. The van der Waals surface area contributed by atoms with Crippen molar-refractivity contribution in [3.8, 4) is 11.1 Å². The number of benzene rings is 2. The Morgan fingerprint density at radius 1 is 0.917 bits per heavy atom. The lowest BCUT2D eigenvalue weighted by molar-refractivity contribution is 0.678. The molecule has 4 heteroatoms. The van der Waals surface area contributed by atoms with Gasteiger partial charge in [0.05, 0.1) is 5.69 Å². The smallest absolute Gasteiger partial charge is 0.220 e.